The molecular formula is C13H23O3P. The van der Waals surface area contributed by atoms with E-state index in [0.29, 0.717) is 11.7 Å². The third-order valence-electron chi connectivity index (χ3n) is 2.94. The molecule has 1 aliphatic rings. The third kappa shape index (κ3) is 4.81. The van der Waals surface area contributed by atoms with Crippen LogP contribution in [0.1, 0.15) is 58.8 Å². The standard InChI is InChI=1S/C13H23O3P/c1-3-5-10-13(17(14,15)16-4-2)11-12-8-6-7-9-12/h3-10H2,1-2H3,(H,14,15). The second-order valence-corrected chi connectivity index (χ2v) is 6.26. The molecule has 0 heterocycles. The van der Waals surface area contributed by atoms with E-state index in [-0.39, 0.29) is 6.61 Å². The number of hydrogen-bond donors (Lipinski definition) is 1. The van der Waals surface area contributed by atoms with Gasteiger partial charge in [0, 0.05) is 0 Å². The zero-order valence-electron chi connectivity index (χ0n) is 10.9. The Morgan fingerprint density at radius 2 is 2.06 bits per heavy atom. The van der Waals surface area contributed by atoms with E-state index < -0.39 is 7.60 Å². The van der Waals surface area contributed by atoms with Gasteiger partial charge in [-0.25, -0.2) is 0 Å². The summed E-state index contributed by atoms with van der Waals surface area (Å²) in [4.78, 5) is 9.88. The van der Waals surface area contributed by atoms with Gasteiger partial charge in [-0.05, 0) is 51.0 Å². The van der Waals surface area contributed by atoms with Crippen LogP contribution in [0.3, 0.4) is 0 Å². The second-order valence-electron chi connectivity index (χ2n) is 4.42. The molecule has 17 heavy (non-hydrogen) atoms. The molecule has 1 atom stereocenters. The van der Waals surface area contributed by atoms with Gasteiger partial charge >= 0.3 is 7.60 Å². The molecule has 0 aromatic carbocycles. The van der Waals surface area contributed by atoms with Gasteiger partial charge in [-0.1, -0.05) is 13.3 Å². The van der Waals surface area contributed by atoms with Crippen molar-refractivity contribution in [3.63, 3.8) is 0 Å². The van der Waals surface area contributed by atoms with E-state index in [4.69, 9.17) is 4.52 Å². The molecule has 1 unspecified atom stereocenters. The van der Waals surface area contributed by atoms with E-state index >= 15 is 0 Å². The molecule has 0 amide bonds. The molecule has 0 aromatic heterocycles. The maximum atomic E-state index is 12.0. The lowest BCUT2D eigenvalue weighted by molar-refractivity contribution is 0.279. The Morgan fingerprint density at radius 3 is 2.59 bits per heavy atom. The summed E-state index contributed by atoms with van der Waals surface area (Å²) in [5.41, 5.74) is 4.36. The van der Waals surface area contributed by atoms with E-state index in [1.807, 2.05) is 0 Å². The van der Waals surface area contributed by atoms with Crippen LogP contribution in [0.4, 0.5) is 0 Å². The zero-order chi connectivity index (χ0) is 12.7. The summed E-state index contributed by atoms with van der Waals surface area (Å²) in [6, 6.07) is 0. The lowest BCUT2D eigenvalue weighted by atomic mass is 10.2. The summed E-state index contributed by atoms with van der Waals surface area (Å²) in [6.45, 7) is 4.08. The van der Waals surface area contributed by atoms with E-state index in [1.54, 1.807) is 6.92 Å². The first-order valence-corrected chi connectivity index (χ1v) is 8.13. The summed E-state index contributed by atoms with van der Waals surface area (Å²) in [7, 11) is -3.60. The number of hydrogen-bond acceptors (Lipinski definition) is 2. The van der Waals surface area contributed by atoms with Crippen LogP contribution >= 0.6 is 7.60 Å². The maximum absolute atomic E-state index is 12.0. The van der Waals surface area contributed by atoms with Crippen LogP contribution in [0.2, 0.25) is 0 Å². The Kier molecular flexibility index (Phi) is 6.22. The van der Waals surface area contributed by atoms with Crippen molar-refractivity contribution in [2.24, 2.45) is 0 Å². The highest BCUT2D eigenvalue weighted by atomic mass is 31.2. The molecule has 0 bridgehead atoms. The lowest BCUT2D eigenvalue weighted by Gasteiger charge is -2.12. The fourth-order valence-electron chi connectivity index (χ4n) is 2.00. The largest absolute Gasteiger partial charge is 0.362 e. The molecule has 3 nitrogen and oxygen atoms in total. The van der Waals surface area contributed by atoms with E-state index in [0.717, 1.165) is 25.7 Å². The molecule has 0 aromatic rings. The molecule has 4 heteroatoms. The predicted molar refractivity (Wildman–Crippen MR) is 70.0 cm³/mol. The van der Waals surface area contributed by atoms with Crippen LogP contribution in [0, 0.1) is 0 Å². The van der Waals surface area contributed by atoms with Crippen LogP contribution in [-0.2, 0) is 9.09 Å². The van der Waals surface area contributed by atoms with Crippen molar-refractivity contribution in [3.05, 3.63) is 16.6 Å². The van der Waals surface area contributed by atoms with Crippen LogP contribution in [-0.4, -0.2) is 11.5 Å². The SMILES string of the molecule is CCCCC(=C=C1CCCC1)P(=O)(O)OCC. The number of rotatable bonds is 6. The Morgan fingerprint density at radius 1 is 1.41 bits per heavy atom. The molecule has 1 rings (SSSR count). The summed E-state index contributed by atoms with van der Waals surface area (Å²) in [6.07, 6.45) is 6.92. The first-order chi connectivity index (χ1) is 8.10. The lowest BCUT2D eigenvalue weighted by Crippen LogP contribution is -1.93. The van der Waals surface area contributed by atoms with Gasteiger partial charge in [0.1, 0.15) is 0 Å². The van der Waals surface area contributed by atoms with Crippen molar-refractivity contribution >= 4 is 7.60 Å². The fourth-order valence-corrected chi connectivity index (χ4v) is 3.25. The van der Waals surface area contributed by atoms with Gasteiger partial charge in [0.2, 0.25) is 0 Å². The van der Waals surface area contributed by atoms with E-state index in [2.05, 4.69) is 12.7 Å². The van der Waals surface area contributed by atoms with Crippen molar-refractivity contribution in [1.82, 2.24) is 0 Å². The summed E-state index contributed by atoms with van der Waals surface area (Å²) in [5.74, 6) is 0. The topological polar surface area (TPSA) is 46.5 Å². The van der Waals surface area contributed by atoms with Crippen molar-refractivity contribution < 1.29 is 14.0 Å². The van der Waals surface area contributed by atoms with Crippen LogP contribution in [0.15, 0.2) is 16.6 Å². The summed E-state index contributed by atoms with van der Waals surface area (Å²) in [5, 5.41) is 0.484. The molecule has 1 saturated carbocycles. The number of unbranched alkanes of at least 4 members (excludes halogenated alkanes) is 1. The minimum absolute atomic E-state index is 0.264. The molecule has 1 fully saturated rings. The first-order valence-electron chi connectivity index (χ1n) is 6.55. The Hall–Kier alpha value is -0.330. The highest BCUT2D eigenvalue weighted by Crippen LogP contribution is 2.52. The Bertz CT molecular complexity index is 346. The summed E-state index contributed by atoms with van der Waals surface area (Å²) >= 11 is 0. The maximum Gasteiger partial charge on any atom is 0.362 e. The van der Waals surface area contributed by atoms with Crippen molar-refractivity contribution in [2.75, 3.05) is 6.61 Å². The van der Waals surface area contributed by atoms with Gasteiger partial charge in [0.05, 0.1) is 11.9 Å². The highest BCUT2D eigenvalue weighted by molar-refractivity contribution is 7.57. The van der Waals surface area contributed by atoms with Gasteiger partial charge in [0.15, 0.2) is 0 Å². The minimum Gasteiger partial charge on any atom is -0.321 e. The third-order valence-corrected chi connectivity index (χ3v) is 4.57. The fraction of sp³-hybridized carbons (Fsp3) is 0.769. The Labute approximate surface area is 104 Å². The molecule has 1 N–H and O–H groups in total. The second kappa shape index (κ2) is 7.18. The van der Waals surface area contributed by atoms with Gasteiger partial charge in [0.25, 0.3) is 0 Å². The van der Waals surface area contributed by atoms with Crippen molar-refractivity contribution in [2.45, 2.75) is 58.8 Å². The highest BCUT2D eigenvalue weighted by Gasteiger charge is 2.25. The predicted octanol–water partition coefficient (Wildman–Crippen LogP) is 4.38. The minimum atomic E-state index is -3.60. The van der Waals surface area contributed by atoms with Crippen LogP contribution in [0.25, 0.3) is 0 Å². The van der Waals surface area contributed by atoms with Crippen molar-refractivity contribution in [3.8, 4) is 0 Å². The van der Waals surface area contributed by atoms with Gasteiger partial charge < -0.3 is 9.42 Å². The number of allylic oxidation sites excluding steroid dienone is 1. The Balaban J connectivity index is 2.94. The molecule has 0 saturated heterocycles. The van der Waals surface area contributed by atoms with E-state index in [9.17, 15) is 9.46 Å². The zero-order valence-corrected chi connectivity index (χ0v) is 11.8. The summed E-state index contributed by atoms with van der Waals surface area (Å²) < 4.78 is 17.0. The first kappa shape index (κ1) is 14.7. The van der Waals surface area contributed by atoms with Crippen LogP contribution in [0.5, 0.6) is 0 Å². The quantitative estimate of drug-likeness (QED) is 0.568. The van der Waals surface area contributed by atoms with Crippen molar-refractivity contribution in [1.29, 1.82) is 0 Å². The monoisotopic (exact) mass is 258 g/mol. The molecule has 1 aliphatic carbocycles. The molecule has 0 radical (unpaired) electrons. The van der Waals surface area contributed by atoms with Gasteiger partial charge in [-0.3, -0.25) is 4.57 Å². The van der Waals surface area contributed by atoms with Gasteiger partial charge in [-0.15, -0.1) is 5.73 Å². The normalized spacial score (nSPS) is 18.9. The van der Waals surface area contributed by atoms with Gasteiger partial charge in [-0.2, -0.15) is 0 Å². The molecule has 98 valence electrons. The smallest absolute Gasteiger partial charge is 0.321 e. The van der Waals surface area contributed by atoms with Crippen LogP contribution < -0.4 is 0 Å². The average Bonchev–Trinajstić information content (AvgIpc) is 2.76. The molecule has 0 spiro atoms. The van der Waals surface area contributed by atoms with E-state index in [1.165, 1.54) is 18.4 Å². The molecular weight excluding hydrogens is 235 g/mol. The molecule has 0 aliphatic heterocycles. The average molecular weight is 258 g/mol.